The van der Waals surface area contributed by atoms with E-state index in [-0.39, 0.29) is 0 Å². The van der Waals surface area contributed by atoms with Gasteiger partial charge in [-0.3, -0.25) is 4.90 Å². The van der Waals surface area contributed by atoms with Gasteiger partial charge in [0.1, 0.15) is 9.84 Å². The summed E-state index contributed by atoms with van der Waals surface area (Å²) in [4.78, 5) is 2.44. The van der Waals surface area contributed by atoms with Crippen molar-refractivity contribution < 1.29 is 8.42 Å². The van der Waals surface area contributed by atoms with Crippen LogP contribution in [0.4, 0.5) is 0 Å². The monoisotopic (exact) mass is 281 g/mol. The van der Waals surface area contributed by atoms with Crippen LogP contribution < -0.4 is 0 Å². The molecule has 0 fully saturated rings. The Bertz CT molecular complexity index is 525. The van der Waals surface area contributed by atoms with E-state index in [1.165, 1.54) is 17.4 Å². The fourth-order valence-corrected chi connectivity index (χ4v) is 3.63. The van der Waals surface area contributed by atoms with Gasteiger partial charge in [0.05, 0.1) is 5.75 Å². The van der Waals surface area contributed by atoms with Crippen molar-refractivity contribution in [2.24, 2.45) is 0 Å². The maximum atomic E-state index is 11.2. The van der Waals surface area contributed by atoms with Crippen LogP contribution in [0.15, 0.2) is 24.3 Å². The zero-order valence-corrected chi connectivity index (χ0v) is 12.6. The molecule has 0 spiro atoms. The van der Waals surface area contributed by atoms with Crippen molar-refractivity contribution in [2.75, 3.05) is 25.1 Å². The van der Waals surface area contributed by atoms with Gasteiger partial charge in [-0.05, 0) is 36.9 Å². The van der Waals surface area contributed by atoms with E-state index in [4.69, 9.17) is 0 Å². The maximum Gasteiger partial charge on any atom is 0.147 e. The summed E-state index contributed by atoms with van der Waals surface area (Å²) in [6.45, 7) is 4.12. The highest BCUT2D eigenvalue weighted by Gasteiger charge is 2.25. The minimum absolute atomic E-state index is 0.293. The first kappa shape index (κ1) is 14.5. The molecule has 3 nitrogen and oxygen atoms in total. The molecule has 1 aromatic rings. The average molecular weight is 281 g/mol. The quantitative estimate of drug-likeness (QED) is 0.832. The Morgan fingerprint density at radius 1 is 1.32 bits per heavy atom. The fourth-order valence-electron chi connectivity index (χ4n) is 2.98. The SMILES string of the molecule is CC[C@H]1c2ccccc2CCN1CCCS(C)(=O)=O. The minimum Gasteiger partial charge on any atom is -0.296 e. The van der Waals surface area contributed by atoms with Crippen LogP contribution in [0.3, 0.4) is 0 Å². The Kier molecular flexibility index (Phi) is 4.63. The van der Waals surface area contributed by atoms with Gasteiger partial charge in [-0.15, -0.1) is 0 Å². The van der Waals surface area contributed by atoms with Crippen LogP contribution >= 0.6 is 0 Å². The minimum atomic E-state index is -2.84. The maximum absolute atomic E-state index is 11.2. The Hall–Kier alpha value is -0.870. The summed E-state index contributed by atoms with van der Waals surface area (Å²) in [5.74, 6) is 0.293. The molecule has 0 amide bonds. The topological polar surface area (TPSA) is 37.4 Å². The van der Waals surface area contributed by atoms with Crippen molar-refractivity contribution >= 4 is 9.84 Å². The molecular formula is C15H23NO2S. The van der Waals surface area contributed by atoms with Crippen molar-refractivity contribution in [3.63, 3.8) is 0 Å². The molecule has 1 aromatic carbocycles. The van der Waals surface area contributed by atoms with Crippen LogP contribution in [0.5, 0.6) is 0 Å². The van der Waals surface area contributed by atoms with E-state index in [0.29, 0.717) is 11.8 Å². The van der Waals surface area contributed by atoms with Crippen LogP contribution in [0, 0.1) is 0 Å². The number of nitrogens with zero attached hydrogens (tertiary/aromatic N) is 1. The smallest absolute Gasteiger partial charge is 0.147 e. The van der Waals surface area contributed by atoms with E-state index in [9.17, 15) is 8.42 Å². The van der Waals surface area contributed by atoms with Crippen molar-refractivity contribution in [3.8, 4) is 0 Å². The molecule has 0 aliphatic carbocycles. The first-order valence-corrected chi connectivity index (χ1v) is 9.07. The summed E-state index contributed by atoms with van der Waals surface area (Å²) in [5.41, 5.74) is 2.88. The van der Waals surface area contributed by atoms with E-state index < -0.39 is 9.84 Å². The lowest BCUT2D eigenvalue weighted by molar-refractivity contribution is 0.181. The third kappa shape index (κ3) is 3.80. The number of hydrogen-bond donors (Lipinski definition) is 0. The molecule has 4 heteroatoms. The zero-order valence-electron chi connectivity index (χ0n) is 11.8. The van der Waals surface area contributed by atoms with Gasteiger partial charge in [0.2, 0.25) is 0 Å². The van der Waals surface area contributed by atoms with E-state index in [1.54, 1.807) is 0 Å². The van der Waals surface area contributed by atoms with Crippen molar-refractivity contribution in [3.05, 3.63) is 35.4 Å². The lowest BCUT2D eigenvalue weighted by atomic mass is 9.91. The van der Waals surface area contributed by atoms with Gasteiger partial charge in [0.15, 0.2) is 0 Å². The first-order valence-electron chi connectivity index (χ1n) is 7.01. The van der Waals surface area contributed by atoms with Crippen molar-refractivity contribution in [1.82, 2.24) is 4.90 Å². The Labute approximate surface area is 116 Å². The highest BCUT2D eigenvalue weighted by Crippen LogP contribution is 2.31. The van der Waals surface area contributed by atoms with Gasteiger partial charge in [-0.25, -0.2) is 8.42 Å². The third-order valence-electron chi connectivity index (χ3n) is 3.87. The van der Waals surface area contributed by atoms with Gasteiger partial charge in [0.25, 0.3) is 0 Å². The number of hydrogen-bond acceptors (Lipinski definition) is 3. The zero-order chi connectivity index (χ0) is 13.9. The van der Waals surface area contributed by atoms with Crippen LogP contribution in [0.1, 0.15) is 36.9 Å². The normalized spacial score (nSPS) is 20.2. The molecular weight excluding hydrogens is 258 g/mol. The predicted octanol–water partition coefficient (Wildman–Crippen LogP) is 2.43. The lowest BCUT2D eigenvalue weighted by Gasteiger charge is -2.37. The second-order valence-electron chi connectivity index (χ2n) is 5.39. The summed E-state index contributed by atoms with van der Waals surface area (Å²) in [6.07, 6.45) is 4.20. The molecule has 0 aromatic heterocycles. The molecule has 0 unspecified atom stereocenters. The molecule has 0 saturated heterocycles. The Morgan fingerprint density at radius 3 is 2.74 bits per heavy atom. The second kappa shape index (κ2) is 6.06. The number of sulfone groups is 1. The molecule has 1 aliphatic heterocycles. The molecule has 1 atom stereocenters. The van der Waals surface area contributed by atoms with Crippen LogP contribution in [-0.2, 0) is 16.3 Å². The van der Waals surface area contributed by atoms with E-state index in [2.05, 4.69) is 36.1 Å². The van der Waals surface area contributed by atoms with Crippen LogP contribution in [-0.4, -0.2) is 38.4 Å². The van der Waals surface area contributed by atoms with Crippen LogP contribution in [0.2, 0.25) is 0 Å². The molecule has 0 radical (unpaired) electrons. The van der Waals surface area contributed by atoms with Gasteiger partial charge < -0.3 is 0 Å². The highest BCUT2D eigenvalue weighted by molar-refractivity contribution is 7.90. The van der Waals surface area contributed by atoms with Gasteiger partial charge in [-0.2, -0.15) is 0 Å². The summed E-state index contributed by atoms with van der Waals surface area (Å²) >= 11 is 0. The molecule has 106 valence electrons. The predicted molar refractivity (Wildman–Crippen MR) is 79.1 cm³/mol. The summed E-state index contributed by atoms with van der Waals surface area (Å²) in [5, 5.41) is 0. The largest absolute Gasteiger partial charge is 0.296 e. The fraction of sp³-hybridized carbons (Fsp3) is 0.600. The lowest BCUT2D eigenvalue weighted by Crippen LogP contribution is -2.36. The summed E-state index contributed by atoms with van der Waals surface area (Å²) < 4.78 is 22.4. The molecule has 1 aliphatic rings. The van der Waals surface area contributed by atoms with Gasteiger partial charge in [-0.1, -0.05) is 31.2 Å². The molecule has 0 N–H and O–H groups in total. The summed E-state index contributed by atoms with van der Waals surface area (Å²) in [7, 11) is -2.84. The van der Waals surface area contributed by atoms with Gasteiger partial charge in [0, 0.05) is 18.8 Å². The Morgan fingerprint density at radius 2 is 2.05 bits per heavy atom. The molecule has 0 saturated carbocycles. The third-order valence-corrected chi connectivity index (χ3v) is 4.90. The molecule has 19 heavy (non-hydrogen) atoms. The standard InChI is InChI=1S/C15H23NO2S/c1-3-15-14-8-5-4-7-13(14)9-11-16(15)10-6-12-19(2,17)18/h4-5,7-8,15H,3,6,9-12H2,1-2H3/t15-/m0/s1. The van der Waals surface area contributed by atoms with E-state index in [0.717, 1.165) is 32.4 Å². The highest BCUT2D eigenvalue weighted by atomic mass is 32.2. The van der Waals surface area contributed by atoms with Gasteiger partial charge >= 0.3 is 0 Å². The molecule has 1 heterocycles. The second-order valence-corrected chi connectivity index (χ2v) is 7.65. The van der Waals surface area contributed by atoms with E-state index >= 15 is 0 Å². The number of fused-ring (bicyclic) bond motifs is 1. The number of benzene rings is 1. The summed E-state index contributed by atoms with van der Waals surface area (Å²) in [6, 6.07) is 9.08. The van der Waals surface area contributed by atoms with Crippen molar-refractivity contribution in [1.29, 1.82) is 0 Å². The number of rotatable bonds is 5. The Balaban J connectivity index is 2.03. The molecule has 0 bridgehead atoms. The average Bonchev–Trinajstić information content (AvgIpc) is 2.37. The van der Waals surface area contributed by atoms with Crippen LogP contribution in [0.25, 0.3) is 0 Å². The van der Waals surface area contributed by atoms with Crippen molar-refractivity contribution in [2.45, 2.75) is 32.2 Å². The van der Waals surface area contributed by atoms with E-state index in [1.807, 2.05) is 0 Å². The molecule has 2 rings (SSSR count). The first-order chi connectivity index (χ1) is 9.01.